The molecule has 2 aromatic heterocycles. The summed E-state index contributed by atoms with van der Waals surface area (Å²) >= 11 is 0. The number of nitrogens with zero attached hydrogens (tertiary/aromatic N) is 3. The van der Waals surface area contributed by atoms with Crippen molar-refractivity contribution in [3.05, 3.63) is 41.9 Å². The van der Waals surface area contributed by atoms with Gasteiger partial charge in [0, 0.05) is 25.0 Å². The SMILES string of the molecule is CCn1ccc(NCc2ncccc2C(=O)O)n1. The molecule has 0 aromatic carbocycles. The second-order valence-corrected chi connectivity index (χ2v) is 3.71. The summed E-state index contributed by atoms with van der Waals surface area (Å²) in [4.78, 5) is 15.1. The van der Waals surface area contributed by atoms with E-state index in [0.717, 1.165) is 6.54 Å². The van der Waals surface area contributed by atoms with Crippen molar-refractivity contribution < 1.29 is 9.90 Å². The number of rotatable bonds is 5. The number of aryl methyl sites for hydroxylation is 1. The van der Waals surface area contributed by atoms with E-state index in [1.54, 1.807) is 16.9 Å². The lowest BCUT2D eigenvalue weighted by atomic mass is 10.2. The van der Waals surface area contributed by atoms with Crippen molar-refractivity contribution in [3.63, 3.8) is 0 Å². The van der Waals surface area contributed by atoms with Gasteiger partial charge in [0.05, 0.1) is 17.8 Å². The third-order valence-electron chi connectivity index (χ3n) is 2.52. The second-order valence-electron chi connectivity index (χ2n) is 3.71. The third-order valence-corrected chi connectivity index (χ3v) is 2.52. The third kappa shape index (κ3) is 2.65. The fourth-order valence-electron chi connectivity index (χ4n) is 1.58. The van der Waals surface area contributed by atoms with Crippen LogP contribution in [0.15, 0.2) is 30.6 Å². The minimum Gasteiger partial charge on any atom is -0.478 e. The summed E-state index contributed by atoms with van der Waals surface area (Å²) in [6.07, 6.45) is 3.44. The molecule has 2 aromatic rings. The standard InChI is InChI=1S/C12H14N4O2/c1-2-16-7-5-11(15-16)14-8-10-9(12(17)18)4-3-6-13-10/h3-7H,2,8H2,1H3,(H,14,15)(H,17,18). The fourth-order valence-corrected chi connectivity index (χ4v) is 1.58. The Morgan fingerprint density at radius 3 is 3.00 bits per heavy atom. The van der Waals surface area contributed by atoms with Crippen molar-refractivity contribution in [2.24, 2.45) is 0 Å². The van der Waals surface area contributed by atoms with Gasteiger partial charge >= 0.3 is 5.97 Å². The van der Waals surface area contributed by atoms with Crippen LogP contribution in [0, 0.1) is 0 Å². The maximum atomic E-state index is 11.0. The molecular formula is C12H14N4O2. The molecule has 0 aliphatic carbocycles. The highest BCUT2D eigenvalue weighted by Crippen LogP contribution is 2.09. The lowest BCUT2D eigenvalue weighted by molar-refractivity contribution is 0.0695. The minimum atomic E-state index is -0.973. The monoisotopic (exact) mass is 246 g/mol. The van der Waals surface area contributed by atoms with Crippen LogP contribution in [0.5, 0.6) is 0 Å². The number of aromatic nitrogens is 3. The molecule has 0 spiro atoms. The van der Waals surface area contributed by atoms with E-state index in [4.69, 9.17) is 5.11 Å². The van der Waals surface area contributed by atoms with Crippen molar-refractivity contribution in [2.75, 3.05) is 5.32 Å². The first-order valence-electron chi connectivity index (χ1n) is 5.65. The molecule has 0 saturated heterocycles. The van der Waals surface area contributed by atoms with Crippen molar-refractivity contribution in [2.45, 2.75) is 20.0 Å². The van der Waals surface area contributed by atoms with Crippen LogP contribution >= 0.6 is 0 Å². The summed E-state index contributed by atoms with van der Waals surface area (Å²) in [7, 11) is 0. The summed E-state index contributed by atoms with van der Waals surface area (Å²) in [6, 6.07) is 4.99. The molecular weight excluding hydrogens is 232 g/mol. The van der Waals surface area contributed by atoms with Gasteiger partial charge < -0.3 is 10.4 Å². The van der Waals surface area contributed by atoms with E-state index in [1.807, 2.05) is 19.2 Å². The van der Waals surface area contributed by atoms with Gasteiger partial charge in [-0.2, -0.15) is 5.10 Å². The molecule has 6 nitrogen and oxygen atoms in total. The summed E-state index contributed by atoms with van der Waals surface area (Å²) in [5.41, 5.74) is 0.705. The highest BCUT2D eigenvalue weighted by molar-refractivity contribution is 5.88. The molecule has 0 amide bonds. The Morgan fingerprint density at radius 2 is 2.33 bits per heavy atom. The van der Waals surface area contributed by atoms with Crippen molar-refractivity contribution in [1.29, 1.82) is 0 Å². The Bertz CT molecular complexity index is 551. The highest BCUT2D eigenvalue weighted by Gasteiger charge is 2.10. The second kappa shape index (κ2) is 5.31. The highest BCUT2D eigenvalue weighted by atomic mass is 16.4. The van der Waals surface area contributed by atoms with Gasteiger partial charge in [0.25, 0.3) is 0 Å². The van der Waals surface area contributed by atoms with Crippen LogP contribution in [-0.2, 0) is 13.1 Å². The Balaban J connectivity index is 2.08. The molecule has 0 aliphatic rings. The lowest BCUT2D eigenvalue weighted by Crippen LogP contribution is -2.09. The van der Waals surface area contributed by atoms with E-state index in [0.29, 0.717) is 18.1 Å². The summed E-state index contributed by atoms with van der Waals surface area (Å²) < 4.78 is 1.79. The Hall–Kier alpha value is -2.37. The lowest BCUT2D eigenvalue weighted by Gasteiger charge is -2.05. The van der Waals surface area contributed by atoms with E-state index in [9.17, 15) is 4.79 Å². The number of aromatic carboxylic acids is 1. The number of hydrogen-bond donors (Lipinski definition) is 2. The van der Waals surface area contributed by atoms with Crippen LogP contribution in [-0.4, -0.2) is 25.8 Å². The maximum Gasteiger partial charge on any atom is 0.337 e. The van der Waals surface area contributed by atoms with Crippen molar-refractivity contribution >= 4 is 11.8 Å². The van der Waals surface area contributed by atoms with Gasteiger partial charge in [-0.3, -0.25) is 9.67 Å². The molecule has 0 saturated carbocycles. The Morgan fingerprint density at radius 1 is 1.50 bits per heavy atom. The normalized spacial score (nSPS) is 10.3. The predicted octanol–water partition coefficient (Wildman–Crippen LogP) is 1.61. The van der Waals surface area contributed by atoms with E-state index in [-0.39, 0.29) is 5.56 Å². The number of carboxylic acids is 1. The predicted molar refractivity (Wildman–Crippen MR) is 66.4 cm³/mol. The summed E-state index contributed by atoms with van der Waals surface area (Å²) in [6.45, 7) is 3.13. The smallest absolute Gasteiger partial charge is 0.337 e. The Kier molecular flexibility index (Phi) is 3.57. The molecule has 0 radical (unpaired) electrons. The number of anilines is 1. The van der Waals surface area contributed by atoms with Crippen molar-refractivity contribution in [3.8, 4) is 0 Å². The van der Waals surface area contributed by atoms with Gasteiger partial charge in [0.2, 0.25) is 0 Å². The molecule has 0 fully saturated rings. The van der Waals surface area contributed by atoms with Crippen molar-refractivity contribution in [1.82, 2.24) is 14.8 Å². The molecule has 6 heteroatoms. The Labute approximate surface area is 104 Å². The van der Waals surface area contributed by atoms with E-state index in [1.165, 1.54) is 6.07 Å². The number of hydrogen-bond acceptors (Lipinski definition) is 4. The van der Waals surface area contributed by atoms with Crippen LogP contribution < -0.4 is 5.32 Å². The van der Waals surface area contributed by atoms with E-state index < -0.39 is 5.97 Å². The molecule has 2 N–H and O–H groups in total. The van der Waals surface area contributed by atoms with Gasteiger partial charge in [-0.1, -0.05) is 0 Å². The fraction of sp³-hybridized carbons (Fsp3) is 0.250. The van der Waals surface area contributed by atoms with Gasteiger partial charge in [0.15, 0.2) is 0 Å². The summed E-state index contributed by atoms with van der Waals surface area (Å²) in [5, 5.41) is 16.3. The van der Waals surface area contributed by atoms with Crippen LogP contribution in [0.4, 0.5) is 5.82 Å². The largest absolute Gasteiger partial charge is 0.478 e. The first-order chi connectivity index (χ1) is 8.70. The molecule has 18 heavy (non-hydrogen) atoms. The average Bonchev–Trinajstić information content (AvgIpc) is 2.84. The van der Waals surface area contributed by atoms with Gasteiger partial charge in [0.1, 0.15) is 5.82 Å². The van der Waals surface area contributed by atoms with Crippen LogP contribution in [0.3, 0.4) is 0 Å². The number of carbonyl (C=O) groups is 1. The zero-order chi connectivity index (χ0) is 13.0. The van der Waals surface area contributed by atoms with E-state index >= 15 is 0 Å². The van der Waals surface area contributed by atoms with Crippen LogP contribution in [0.1, 0.15) is 23.0 Å². The zero-order valence-electron chi connectivity index (χ0n) is 10.00. The molecule has 2 heterocycles. The molecule has 0 unspecified atom stereocenters. The van der Waals surface area contributed by atoms with Gasteiger partial charge in [-0.25, -0.2) is 4.79 Å². The topological polar surface area (TPSA) is 80.0 Å². The van der Waals surface area contributed by atoms with Gasteiger partial charge in [-0.05, 0) is 19.1 Å². The summed E-state index contributed by atoms with van der Waals surface area (Å²) in [5.74, 6) is -0.266. The molecule has 0 atom stereocenters. The maximum absolute atomic E-state index is 11.0. The number of carboxylic acid groups (broad SMARTS) is 1. The average molecular weight is 246 g/mol. The molecule has 2 rings (SSSR count). The quantitative estimate of drug-likeness (QED) is 0.837. The van der Waals surface area contributed by atoms with Crippen LogP contribution in [0.25, 0.3) is 0 Å². The zero-order valence-corrected chi connectivity index (χ0v) is 10.00. The molecule has 0 bridgehead atoms. The van der Waals surface area contributed by atoms with Gasteiger partial charge in [-0.15, -0.1) is 0 Å². The van der Waals surface area contributed by atoms with E-state index in [2.05, 4.69) is 15.4 Å². The first kappa shape index (κ1) is 12.1. The minimum absolute atomic E-state index is 0.208. The van der Waals surface area contributed by atoms with Crippen LogP contribution in [0.2, 0.25) is 0 Å². The number of pyridine rings is 1. The first-order valence-corrected chi connectivity index (χ1v) is 5.65. The molecule has 94 valence electrons. The molecule has 0 aliphatic heterocycles. The number of nitrogens with one attached hydrogen (secondary N) is 1.